The lowest BCUT2D eigenvalue weighted by Gasteiger charge is -2.40. The van der Waals surface area contributed by atoms with Gasteiger partial charge in [-0.15, -0.1) is 0 Å². The van der Waals surface area contributed by atoms with Crippen LogP contribution in [-0.2, 0) is 14.2 Å². The van der Waals surface area contributed by atoms with E-state index in [0.29, 0.717) is 17.9 Å². The van der Waals surface area contributed by atoms with Crippen molar-refractivity contribution in [1.82, 2.24) is 5.32 Å². The van der Waals surface area contributed by atoms with E-state index in [4.69, 9.17) is 14.2 Å². The normalized spacial score (nSPS) is 20.8. The summed E-state index contributed by atoms with van der Waals surface area (Å²) in [5.41, 5.74) is 4.46. The van der Waals surface area contributed by atoms with Crippen molar-refractivity contribution >= 4 is 29.1 Å². The number of hydrogen-bond donors (Lipinski definition) is 1. The molecule has 2 amide bonds. The van der Waals surface area contributed by atoms with Crippen molar-refractivity contribution in [3.63, 3.8) is 0 Å². The number of hydrogen-bond acceptors (Lipinski definition) is 6. The van der Waals surface area contributed by atoms with E-state index in [2.05, 4.69) is 24.4 Å². The average Bonchev–Trinajstić information content (AvgIpc) is 3.05. The van der Waals surface area contributed by atoms with Crippen molar-refractivity contribution in [1.29, 1.82) is 0 Å². The van der Waals surface area contributed by atoms with Gasteiger partial charge in [0.1, 0.15) is 0 Å². The molecule has 0 aromatic heterocycles. The summed E-state index contributed by atoms with van der Waals surface area (Å²) in [5, 5.41) is 3.64. The average molecular weight is 482 g/mol. The molecule has 8 nitrogen and oxygen atoms in total. The van der Waals surface area contributed by atoms with Crippen molar-refractivity contribution in [2.45, 2.75) is 46.3 Å². The molecule has 0 radical (unpaired) electrons. The molecule has 1 aliphatic carbocycles. The summed E-state index contributed by atoms with van der Waals surface area (Å²) in [7, 11) is 1.36. The third kappa shape index (κ3) is 5.22. The number of allylic oxidation sites excluding steroid dienone is 5. The summed E-state index contributed by atoms with van der Waals surface area (Å²) < 4.78 is 16.0. The smallest absolute Gasteiger partial charge is 0.414 e. The second kappa shape index (κ2) is 10.2. The number of ether oxygens (including phenoxy) is 3. The highest BCUT2D eigenvalue weighted by atomic mass is 16.6. The van der Waals surface area contributed by atoms with E-state index in [1.165, 1.54) is 7.11 Å². The largest absolute Gasteiger partial charge is 0.452 e. The molecule has 1 atom stereocenters. The van der Waals surface area contributed by atoms with Crippen LogP contribution in [0.5, 0.6) is 0 Å². The van der Waals surface area contributed by atoms with Crippen LogP contribution in [-0.4, -0.2) is 57.7 Å². The van der Waals surface area contributed by atoms with Crippen LogP contribution in [0, 0.1) is 5.41 Å². The fraction of sp³-hybridized carbons (Fsp3) is 0.481. The molecule has 0 saturated carbocycles. The Morgan fingerprint density at radius 1 is 1.20 bits per heavy atom. The number of rotatable bonds is 5. The molecule has 1 fully saturated rings. The Kier molecular flexibility index (Phi) is 7.21. The molecular formula is C27H35N3O5. The number of methoxy groups -OCH3 is 1. The van der Waals surface area contributed by atoms with Gasteiger partial charge in [-0.3, -0.25) is 9.80 Å². The molecular weight excluding hydrogens is 446 g/mol. The Balaban J connectivity index is 1.76. The predicted octanol–water partition coefficient (Wildman–Crippen LogP) is 4.87. The van der Waals surface area contributed by atoms with Crippen LogP contribution in [0.25, 0.3) is 5.57 Å². The SMILES string of the molecule is COC(=O)N1c2ccc(C3=C(NCC4(C)COC4)CC=CC=C3)cc2N(C(=O)OC(C)C)CC1C. The molecule has 0 spiro atoms. The van der Waals surface area contributed by atoms with E-state index in [-0.39, 0.29) is 17.6 Å². The number of amides is 2. The number of carbonyl (C=O) groups excluding carboxylic acids is 2. The number of fused-ring (bicyclic) bond motifs is 1. The predicted molar refractivity (Wildman–Crippen MR) is 136 cm³/mol. The quantitative estimate of drug-likeness (QED) is 0.647. The van der Waals surface area contributed by atoms with Gasteiger partial charge in [-0.2, -0.15) is 0 Å². The van der Waals surface area contributed by atoms with Crippen molar-refractivity contribution in [2.24, 2.45) is 5.41 Å². The van der Waals surface area contributed by atoms with Crippen LogP contribution in [0.1, 0.15) is 39.7 Å². The van der Waals surface area contributed by atoms with Gasteiger partial charge in [0.05, 0.1) is 50.4 Å². The lowest BCUT2D eigenvalue weighted by molar-refractivity contribution is -0.0979. The van der Waals surface area contributed by atoms with Gasteiger partial charge in [-0.05, 0) is 38.5 Å². The van der Waals surface area contributed by atoms with Gasteiger partial charge >= 0.3 is 12.2 Å². The van der Waals surface area contributed by atoms with Crippen molar-refractivity contribution in [2.75, 3.05) is 43.2 Å². The minimum Gasteiger partial charge on any atom is -0.452 e. The van der Waals surface area contributed by atoms with Gasteiger partial charge in [0.2, 0.25) is 0 Å². The lowest BCUT2D eigenvalue weighted by Crippen LogP contribution is -2.52. The first-order chi connectivity index (χ1) is 16.7. The van der Waals surface area contributed by atoms with Crippen molar-refractivity contribution in [3.8, 4) is 0 Å². The van der Waals surface area contributed by atoms with Crippen LogP contribution in [0.15, 0.2) is 48.2 Å². The second-order valence-corrected chi connectivity index (χ2v) is 9.98. The van der Waals surface area contributed by atoms with E-state index in [0.717, 1.165) is 43.0 Å². The topological polar surface area (TPSA) is 80.3 Å². The van der Waals surface area contributed by atoms with Gasteiger partial charge in [-0.25, -0.2) is 9.59 Å². The minimum absolute atomic E-state index is 0.127. The molecule has 1 unspecified atom stereocenters. The zero-order chi connectivity index (χ0) is 25.2. The molecule has 1 saturated heterocycles. The van der Waals surface area contributed by atoms with Crippen LogP contribution in [0.3, 0.4) is 0 Å². The molecule has 0 bridgehead atoms. The first kappa shape index (κ1) is 24.9. The Morgan fingerprint density at radius 3 is 2.63 bits per heavy atom. The molecule has 1 aromatic carbocycles. The first-order valence-electron chi connectivity index (χ1n) is 12.1. The zero-order valence-electron chi connectivity index (χ0n) is 21.2. The Labute approximate surface area is 207 Å². The molecule has 1 N–H and O–H groups in total. The van der Waals surface area contributed by atoms with E-state index in [1.54, 1.807) is 9.80 Å². The molecule has 188 valence electrons. The molecule has 8 heteroatoms. The Bertz CT molecular complexity index is 1070. The summed E-state index contributed by atoms with van der Waals surface area (Å²) >= 11 is 0. The van der Waals surface area contributed by atoms with E-state index < -0.39 is 12.2 Å². The number of nitrogens with zero attached hydrogens (tertiary/aromatic N) is 2. The van der Waals surface area contributed by atoms with Crippen LogP contribution in [0.4, 0.5) is 21.0 Å². The zero-order valence-corrected chi connectivity index (χ0v) is 21.2. The Hall–Kier alpha value is -3.26. The number of nitrogens with one attached hydrogen (secondary N) is 1. The van der Waals surface area contributed by atoms with E-state index >= 15 is 0 Å². The number of benzene rings is 1. The van der Waals surface area contributed by atoms with Crippen LogP contribution in [0.2, 0.25) is 0 Å². The maximum atomic E-state index is 13.0. The number of carbonyl (C=O) groups is 2. The summed E-state index contributed by atoms with van der Waals surface area (Å²) in [6.07, 6.45) is 7.87. The fourth-order valence-corrected chi connectivity index (χ4v) is 4.54. The van der Waals surface area contributed by atoms with Gasteiger partial charge in [0.25, 0.3) is 0 Å². The van der Waals surface area contributed by atoms with Crippen molar-refractivity contribution in [3.05, 3.63) is 53.8 Å². The van der Waals surface area contributed by atoms with Gasteiger partial charge < -0.3 is 19.5 Å². The molecule has 4 rings (SSSR count). The van der Waals surface area contributed by atoms with Crippen LogP contribution >= 0.6 is 0 Å². The fourth-order valence-electron chi connectivity index (χ4n) is 4.54. The standard InChI is InChI=1S/C27H35N3O5/c1-18(2)35-25(31)29-14-19(3)30(26(32)33-5)23-12-11-20(13-24(23)29)21-9-7-6-8-10-22(21)28-15-27(4)16-34-17-27/h6-9,11-13,18-19,28H,10,14-17H2,1-5H3. The third-order valence-corrected chi connectivity index (χ3v) is 6.44. The third-order valence-electron chi connectivity index (χ3n) is 6.44. The van der Waals surface area contributed by atoms with Gasteiger partial charge in [-0.1, -0.05) is 37.3 Å². The monoisotopic (exact) mass is 481 g/mol. The highest BCUT2D eigenvalue weighted by molar-refractivity contribution is 6.01. The minimum atomic E-state index is -0.459. The summed E-state index contributed by atoms with van der Waals surface area (Å²) in [4.78, 5) is 28.8. The molecule has 3 aliphatic rings. The Morgan fingerprint density at radius 2 is 1.97 bits per heavy atom. The van der Waals surface area contributed by atoms with Gasteiger partial charge in [0.15, 0.2) is 0 Å². The maximum Gasteiger partial charge on any atom is 0.414 e. The molecule has 2 heterocycles. The van der Waals surface area contributed by atoms with E-state index in [1.807, 2.05) is 51.1 Å². The van der Waals surface area contributed by atoms with Gasteiger partial charge in [0, 0.05) is 29.7 Å². The highest BCUT2D eigenvalue weighted by Gasteiger charge is 2.37. The maximum absolute atomic E-state index is 13.0. The summed E-state index contributed by atoms with van der Waals surface area (Å²) in [6, 6.07) is 5.55. The van der Waals surface area contributed by atoms with Crippen molar-refractivity contribution < 1.29 is 23.8 Å². The second-order valence-electron chi connectivity index (χ2n) is 9.98. The van der Waals surface area contributed by atoms with E-state index in [9.17, 15) is 9.59 Å². The highest BCUT2D eigenvalue weighted by Crippen LogP contribution is 2.39. The molecule has 35 heavy (non-hydrogen) atoms. The lowest BCUT2D eigenvalue weighted by atomic mass is 9.88. The summed E-state index contributed by atoms with van der Waals surface area (Å²) in [6.45, 7) is 10.4. The first-order valence-corrected chi connectivity index (χ1v) is 12.1. The number of anilines is 2. The van der Waals surface area contributed by atoms with Crippen LogP contribution < -0.4 is 15.1 Å². The molecule has 1 aromatic rings. The summed E-state index contributed by atoms with van der Waals surface area (Å²) in [5.74, 6) is 0. The molecule has 2 aliphatic heterocycles.